The largest absolute Gasteiger partial charge is 0.434 e. The summed E-state index contributed by atoms with van der Waals surface area (Å²) in [5, 5.41) is 2.70. The van der Waals surface area contributed by atoms with E-state index in [2.05, 4.69) is 20.3 Å². The smallest absolute Gasteiger partial charge is 0.257 e. The molecule has 7 heteroatoms. The van der Waals surface area contributed by atoms with E-state index in [1.165, 1.54) is 24.4 Å². The van der Waals surface area contributed by atoms with Gasteiger partial charge >= 0.3 is 0 Å². The van der Waals surface area contributed by atoms with Crippen LogP contribution in [-0.4, -0.2) is 20.9 Å². The fraction of sp³-hybridized carbons (Fsp3) is 0. The molecule has 6 nitrogen and oxygen atoms in total. The second-order valence-corrected chi connectivity index (χ2v) is 5.23. The minimum Gasteiger partial charge on any atom is -0.434 e. The highest BCUT2D eigenvalue weighted by Crippen LogP contribution is 2.28. The Morgan fingerprint density at radius 2 is 2.00 bits per heavy atom. The maximum atomic E-state index is 14.2. The number of amides is 1. The first kappa shape index (κ1) is 14.9. The second kappa shape index (κ2) is 6.12. The Morgan fingerprint density at radius 1 is 1.12 bits per heavy atom. The van der Waals surface area contributed by atoms with Gasteiger partial charge in [0.15, 0.2) is 11.2 Å². The summed E-state index contributed by atoms with van der Waals surface area (Å²) in [7, 11) is 0. The molecule has 0 radical (unpaired) electrons. The number of benzene rings is 1. The highest BCUT2D eigenvalue weighted by Gasteiger charge is 2.15. The normalized spacial score (nSPS) is 10.8. The van der Waals surface area contributed by atoms with Crippen LogP contribution in [0.3, 0.4) is 0 Å². The minimum atomic E-state index is -0.508. The SMILES string of the molecule is O=C(Nc1ccc(F)c(-c2nc3ncccc3o2)c1)c1cccnc1. The quantitative estimate of drug-likeness (QED) is 0.618. The van der Waals surface area contributed by atoms with Gasteiger partial charge in [0, 0.05) is 24.3 Å². The van der Waals surface area contributed by atoms with Crippen molar-refractivity contribution in [1.29, 1.82) is 0 Å². The van der Waals surface area contributed by atoms with Gasteiger partial charge in [-0.1, -0.05) is 0 Å². The summed E-state index contributed by atoms with van der Waals surface area (Å²) in [5.74, 6) is -0.750. The average molecular weight is 334 g/mol. The minimum absolute atomic E-state index is 0.101. The van der Waals surface area contributed by atoms with Crippen LogP contribution < -0.4 is 5.32 Å². The molecule has 3 aromatic heterocycles. The van der Waals surface area contributed by atoms with Crippen molar-refractivity contribution in [3.63, 3.8) is 0 Å². The Morgan fingerprint density at radius 3 is 2.80 bits per heavy atom. The summed E-state index contributed by atoms with van der Waals surface area (Å²) in [5.41, 5.74) is 1.81. The number of aromatic nitrogens is 3. The second-order valence-electron chi connectivity index (χ2n) is 5.23. The van der Waals surface area contributed by atoms with Crippen molar-refractivity contribution >= 4 is 22.8 Å². The van der Waals surface area contributed by atoms with Crippen molar-refractivity contribution in [2.45, 2.75) is 0 Å². The summed E-state index contributed by atoms with van der Waals surface area (Å²) in [6, 6.07) is 10.9. The molecule has 4 aromatic rings. The van der Waals surface area contributed by atoms with E-state index in [1.54, 1.807) is 36.7 Å². The zero-order valence-electron chi connectivity index (χ0n) is 12.8. The molecule has 3 heterocycles. The Balaban J connectivity index is 1.68. The van der Waals surface area contributed by atoms with E-state index in [0.717, 1.165) is 0 Å². The maximum absolute atomic E-state index is 14.2. The third-order valence-corrected chi connectivity index (χ3v) is 3.54. The number of nitrogens with zero attached hydrogens (tertiary/aromatic N) is 3. The first-order chi connectivity index (χ1) is 12.2. The van der Waals surface area contributed by atoms with Gasteiger partial charge in [-0.3, -0.25) is 9.78 Å². The number of carbonyl (C=O) groups is 1. The number of halogens is 1. The van der Waals surface area contributed by atoms with Crippen LogP contribution >= 0.6 is 0 Å². The molecule has 0 saturated carbocycles. The van der Waals surface area contributed by atoms with E-state index in [-0.39, 0.29) is 17.4 Å². The van der Waals surface area contributed by atoms with E-state index in [9.17, 15) is 9.18 Å². The van der Waals surface area contributed by atoms with Crippen LogP contribution in [0.2, 0.25) is 0 Å². The van der Waals surface area contributed by atoms with Crippen molar-refractivity contribution in [3.05, 3.63) is 72.4 Å². The molecule has 0 bridgehead atoms. The Kier molecular flexibility index (Phi) is 3.66. The number of nitrogens with one attached hydrogen (secondary N) is 1. The fourth-order valence-electron chi connectivity index (χ4n) is 2.35. The lowest BCUT2D eigenvalue weighted by Crippen LogP contribution is -2.12. The Bertz CT molecular complexity index is 1030. The first-order valence-corrected chi connectivity index (χ1v) is 7.43. The molecule has 0 aliphatic carbocycles. The van der Waals surface area contributed by atoms with Gasteiger partial charge in [-0.25, -0.2) is 9.37 Å². The molecule has 0 saturated heterocycles. The molecule has 25 heavy (non-hydrogen) atoms. The van der Waals surface area contributed by atoms with E-state index in [0.29, 0.717) is 22.5 Å². The van der Waals surface area contributed by atoms with Gasteiger partial charge in [-0.05, 0) is 42.5 Å². The van der Waals surface area contributed by atoms with Gasteiger partial charge in [-0.2, -0.15) is 4.98 Å². The van der Waals surface area contributed by atoms with Crippen LogP contribution in [0, 0.1) is 5.82 Å². The molecule has 0 spiro atoms. The van der Waals surface area contributed by atoms with Crippen LogP contribution in [0.25, 0.3) is 22.7 Å². The number of oxazole rings is 1. The lowest BCUT2D eigenvalue weighted by Gasteiger charge is -2.07. The molecule has 1 N–H and O–H groups in total. The molecule has 0 fully saturated rings. The number of anilines is 1. The van der Waals surface area contributed by atoms with Gasteiger partial charge in [0.25, 0.3) is 5.91 Å². The summed E-state index contributed by atoms with van der Waals surface area (Å²) >= 11 is 0. The number of rotatable bonds is 3. The highest BCUT2D eigenvalue weighted by molar-refractivity contribution is 6.04. The molecule has 0 aliphatic rings. The third-order valence-electron chi connectivity index (χ3n) is 3.54. The van der Waals surface area contributed by atoms with Crippen molar-refractivity contribution in [3.8, 4) is 11.5 Å². The predicted molar refractivity (Wildman–Crippen MR) is 89.4 cm³/mol. The van der Waals surface area contributed by atoms with Crippen molar-refractivity contribution in [2.75, 3.05) is 5.32 Å². The maximum Gasteiger partial charge on any atom is 0.257 e. The summed E-state index contributed by atoms with van der Waals surface area (Å²) < 4.78 is 19.7. The Hall–Kier alpha value is -3.61. The van der Waals surface area contributed by atoms with Gasteiger partial charge in [0.1, 0.15) is 5.82 Å². The summed E-state index contributed by atoms with van der Waals surface area (Å²) in [4.78, 5) is 24.3. The summed E-state index contributed by atoms with van der Waals surface area (Å²) in [6.07, 6.45) is 4.61. The molecule has 4 rings (SSSR count). The van der Waals surface area contributed by atoms with E-state index >= 15 is 0 Å². The van der Waals surface area contributed by atoms with Crippen LogP contribution in [-0.2, 0) is 0 Å². The van der Waals surface area contributed by atoms with Crippen molar-refractivity contribution in [2.24, 2.45) is 0 Å². The van der Waals surface area contributed by atoms with E-state index in [4.69, 9.17) is 4.42 Å². The van der Waals surface area contributed by atoms with Gasteiger partial charge in [-0.15, -0.1) is 0 Å². The highest BCUT2D eigenvalue weighted by atomic mass is 19.1. The first-order valence-electron chi connectivity index (χ1n) is 7.43. The molecule has 0 aliphatic heterocycles. The number of pyridine rings is 2. The van der Waals surface area contributed by atoms with Crippen LogP contribution in [0.1, 0.15) is 10.4 Å². The monoisotopic (exact) mass is 334 g/mol. The number of hydrogen-bond donors (Lipinski definition) is 1. The molecule has 122 valence electrons. The predicted octanol–water partition coefficient (Wildman–Crippen LogP) is 3.68. The number of carbonyl (C=O) groups excluding carboxylic acids is 1. The van der Waals surface area contributed by atoms with Gasteiger partial charge in [0.05, 0.1) is 11.1 Å². The number of fused-ring (bicyclic) bond motifs is 1. The van der Waals surface area contributed by atoms with Gasteiger partial charge < -0.3 is 9.73 Å². The molecule has 0 atom stereocenters. The average Bonchev–Trinajstić information content (AvgIpc) is 3.08. The lowest BCUT2D eigenvalue weighted by molar-refractivity contribution is 0.102. The standard InChI is InChI=1S/C18H11FN4O2/c19-14-6-5-12(22-17(24)11-3-1-7-20-10-11)9-13(14)18-23-16-15(25-18)4-2-8-21-16/h1-10H,(H,22,24). The van der Waals surface area contributed by atoms with E-state index < -0.39 is 5.82 Å². The fourth-order valence-corrected chi connectivity index (χ4v) is 2.35. The van der Waals surface area contributed by atoms with Crippen LogP contribution in [0.15, 0.2) is 65.5 Å². The third kappa shape index (κ3) is 2.94. The number of hydrogen-bond acceptors (Lipinski definition) is 5. The van der Waals surface area contributed by atoms with Crippen LogP contribution in [0.5, 0.6) is 0 Å². The molecule has 0 unspecified atom stereocenters. The van der Waals surface area contributed by atoms with Crippen LogP contribution in [0.4, 0.5) is 10.1 Å². The molecule has 1 aromatic carbocycles. The zero-order valence-corrected chi connectivity index (χ0v) is 12.8. The molecular weight excluding hydrogens is 323 g/mol. The molecular formula is C18H11FN4O2. The topological polar surface area (TPSA) is 80.9 Å². The van der Waals surface area contributed by atoms with Gasteiger partial charge in [0.2, 0.25) is 5.89 Å². The molecule has 1 amide bonds. The lowest BCUT2D eigenvalue weighted by atomic mass is 10.1. The van der Waals surface area contributed by atoms with Crippen molar-refractivity contribution < 1.29 is 13.6 Å². The Labute approximate surface area is 141 Å². The summed E-state index contributed by atoms with van der Waals surface area (Å²) in [6.45, 7) is 0. The van der Waals surface area contributed by atoms with Crippen molar-refractivity contribution in [1.82, 2.24) is 15.0 Å². The zero-order chi connectivity index (χ0) is 17.2. The van der Waals surface area contributed by atoms with E-state index in [1.807, 2.05) is 0 Å².